The fourth-order valence-corrected chi connectivity index (χ4v) is 4.21. The minimum absolute atomic E-state index is 0.0121. The minimum atomic E-state index is -0.892. The van der Waals surface area contributed by atoms with Crippen molar-refractivity contribution in [2.75, 3.05) is 11.1 Å². The Morgan fingerprint density at radius 2 is 2.10 bits per heavy atom. The Balaban J connectivity index is 1.78. The van der Waals surface area contributed by atoms with Gasteiger partial charge in [-0.25, -0.2) is 18.7 Å². The Labute approximate surface area is 165 Å². The van der Waals surface area contributed by atoms with Crippen LogP contribution < -0.4 is 11.1 Å². The summed E-state index contributed by atoms with van der Waals surface area (Å²) in [5, 5.41) is 13.2. The quantitative estimate of drug-likeness (QED) is 0.617. The largest absolute Gasteiger partial charge is 0.481 e. The maximum absolute atomic E-state index is 14.7. The molecule has 7 nitrogen and oxygen atoms in total. The van der Waals surface area contributed by atoms with Gasteiger partial charge in [0.1, 0.15) is 17.3 Å². The third-order valence-corrected chi connectivity index (χ3v) is 5.63. The number of hydrogen-bond acceptors (Lipinski definition) is 5. The molecule has 0 aliphatic heterocycles. The van der Waals surface area contributed by atoms with Crippen molar-refractivity contribution in [2.24, 2.45) is 11.8 Å². The average molecular weight is 401 g/mol. The minimum Gasteiger partial charge on any atom is -0.481 e. The molecule has 0 bridgehead atoms. The number of nitrogen functional groups attached to an aromatic ring is 1. The van der Waals surface area contributed by atoms with Gasteiger partial charge in [0.15, 0.2) is 5.82 Å². The Hall–Kier alpha value is -3.23. The Morgan fingerprint density at radius 3 is 2.86 bits per heavy atom. The fourth-order valence-electron chi connectivity index (χ4n) is 4.21. The van der Waals surface area contributed by atoms with Crippen molar-refractivity contribution in [1.82, 2.24) is 14.5 Å². The lowest BCUT2D eigenvalue weighted by atomic mass is 9.76. The zero-order valence-corrected chi connectivity index (χ0v) is 15.8. The van der Waals surface area contributed by atoms with Gasteiger partial charge in [0.2, 0.25) is 0 Å². The molecular formula is C20H21F2N5O2. The Kier molecular flexibility index (Phi) is 4.81. The summed E-state index contributed by atoms with van der Waals surface area (Å²) in [6.07, 6.45) is 6.00. The Morgan fingerprint density at radius 1 is 1.31 bits per heavy atom. The van der Waals surface area contributed by atoms with Crippen LogP contribution in [0.3, 0.4) is 0 Å². The Bertz CT molecular complexity index is 1080. The molecule has 0 aromatic carbocycles. The molecule has 152 valence electrons. The first-order valence-electron chi connectivity index (χ1n) is 9.43. The van der Waals surface area contributed by atoms with E-state index in [2.05, 4.69) is 15.3 Å². The third-order valence-electron chi connectivity index (χ3n) is 5.63. The fraction of sp³-hybridized carbons (Fsp3) is 0.350. The van der Waals surface area contributed by atoms with E-state index in [1.54, 1.807) is 12.3 Å². The number of nitrogens with zero attached hydrogens (tertiary/aromatic N) is 3. The molecule has 3 aromatic rings. The summed E-state index contributed by atoms with van der Waals surface area (Å²) >= 11 is 0. The van der Waals surface area contributed by atoms with Crippen LogP contribution in [-0.2, 0) is 4.79 Å². The van der Waals surface area contributed by atoms with Crippen molar-refractivity contribution in [1.29, 1.82) is 0 Å². The molecule has 4 rings (SSSR count). The summed E-state index contributed by atoms with van der Waals surface area (Å²) in [7, 11) is 0. The van der Waals surface area contributed by atoms with Crippen LogP contribution in [0, 0.1) is 23.5 Å². The number of carbonyl (C=O) groups is 1. The van der Waals surface area contributed by atoms with Crippen LogP contribution in [0.2, 0.25) is 0 Å². The van der Waals surface area contributed by atoms with Crippen LogP contribution in [0.15, 0.2) is 30.7 Å². The van der Waals surface area contributed by atoms with Crippen molar-refractivity contribution < 1.29 is 18.7 Å². The van der Waals surface area contributed by atoms with E-state index in [1.165, 1.54) is 10.6 Å². The molecule has 0 saturated heterocycles. The molecule has 3 heterocycles. The van der Waals surface area contributed by atoms with Crippen LogP contribution in [0.1, 0.15) is 26.2 Å². The van der Waals surface area contributed by atoms with Crippen molar-refractivity contribution in [3.8, 4) is 5.69 Å². The van der Waals surface area contributed by atoms with Crippen LogP contribution in [0.4, 0.5) is 20.3 Å². The van der Waals surface area contributed by atoms with E-state index in [0.717, 1.165) is 25.2 Å². The number of halogens is 2. The van der Waals surface area contributed by atoms with E-state index in [-0.39, 0.29) is 17.4 Å². The molecule has 0 radical (unpaired) electrons. The smallest absolute Gasteiger partial charge is 0.308 e. The van der Waals surface area contributed by atoms with Gasteiger partial charge in [-0.2, -0.15) is 0 Å². The normalized spacial score (nSPS) is 22.0. The average Bonchev–Trinajstić information content (AvgIpc) is 3.10. The predicted molar refractivity (Wildman–Crippen MR) is 105 cm³/mol. The van der Waals surface area contributed by atoms with Gasteiger partial charge in [-0.3, -0.25) is 9.36 Å². The topological polar surface area (TPSA) is 106 Å². The number of carboxylic acids is 1. The highest BCUT2D eigenvalue weighted by atomic mass is 19.1. The number of rotatable bonds is 4. The van der Waals surface area contributed by atoms with Crippen LogP contribution in [0.5, 0.6) is 0 Å². The summed E-state index contributed by atoms with van der Waals surface area (Å²) in [5.74, 6) is -2.55. The van der Waals surface area contributed by atoms with Gasteiger partial charge in [0.25, 0.3) is 0 Å². The lowest BCUT2D eigenvalue weighted by Crippen LogP contribution is -2.41. The first kappa shape index (κ1) is 19.1. The molecule has 1 fully saturated rings. The van der Waals surface area contributed by atoms with Gasteiger partial charge in [-0.1, -0.05) is 13.3 Å². The van der Waals surface area contributed by atoms with E-state index >= 15 is 0 Å². The maximum atomic E-state index is 14.7. The van der Waals surface area contributed by atoms with Gasteiger partial charge in [0, 0.05) is 23.7 Å². The van der Waals surface area contributed by atoms with E-state index in [1.807, 2.05) is 6.92 Å². The molecule has 3 atom stereocenters. The summed E-state index contributed by atoms with van der Waals surface area (Å²) < 4.78 is 29.9. The highest BCUT2D eigenvalue weighted by Crippen LogP contribution is 2.35. The number of nitrogens with two attached hydrogens (primary N) is 1. The van der Waals surface area contributed by atoms with Gasteiger partial charge in [-0.15, -0.1) is 0 Å². The second kappa shape index (κ2) is 7.31. The van der Waals surface area contributed by atoms with Crippen LogP contribution in [0.25, 0.3) is 16.7 Å². The monoisotopic (exact) mass is 401 g/mol. The van der Waals surface area contributed by atoms with Crippen molar-refractivity contribution in [3.63, 3.8) is 0 Å². The van der Waals surface area contributed by atoms with Crippen molar-refractivity contribution >= 4 is 28.5 Å². The summed E-state index contributed by atoms with van der Waals surface area (Å²) in [6, 6.07) is 2.46. The number of aromatic nitrogens is 3. The number of anilines is 2. The number of nitrogens with one attached hydrogen (secondary N) is 1. The second-order valence-electron chi connectivity index (χ2n) is 7.49. The van der Waals surface area contributed by atoms with Crippen LogP contribution >= 0.6 is 0 Å². The highest BCUT2D eigenvalue weighted by Gasteiger charge is 2.36. The molecular weight excluding hydrogens is 380 g/mol. The number of pyridine rings is 2. The molecule has 4 N–H and O–H groups in total. The molecule has 1 aliphatic rings. The molecule has 1 aliphatic carbocycles. The molecule has 1 unspecified atom stereocenters. The lowest BCUT2D eigenvalue weighted by molar-refractivity contribution is -0.145. The molecule has 9 heteroatoms. The number of hydrogen-bond donors (Lipinski definition) is 3. The third kappa shape index (κ3) is 3.37. The highest BCUT2D eigenvalue weighted by molar-refractivity contribution is 5.92. The van der Waals surface area contributed by atoms with E-state index in [9.17, 15) is 18.7 Å². The second-order valence-corrected chi connectivity index (χ2v) is 7.49. The molecule has 29 heavy (non-hydrogen) atoms. The summed E-state index contributed by atoms with van der Waals surface area (Å²) in [4.78, 5) is 19.7. The van der Waals surface area contributed by atoms with Gasteiger partial charge >= 0.3 is 5.97 Å². The summed E-state index contributed by atoms with van der Waals surface area (Å²) in [5.41, 5.74) is 6.71. The standard InChI is InChI=1S/C20H21F2N5O2/c1-10-3-2-4-14(16(10)20(28)29)26-17-12-5-6-27(19(12)25-9-13(17)22)15-7-11(21)8-24-18(15)23/h5-10,14,16H,2-4H2,1H3,(H2,23,24)(H,25,26)(H,28,29)/t10-,14?,16+/m1/s1. The van der Waals surface area contributed by atoms with Crippen molar-refractivity contribution in [2.45, 2.75) is 32.2 Å². The number of aliphatic carboxylic acids is 1. The number of fused-ring (bicyclic) bond motifs is 1. The molecule has 1 saturated carbocycles. The first-order chi connectivity index (χ1) is 13.9. The van der Waals surface area contributed by atoms with Gasteiger partial charge in [-0.05, 0) is 24.8 Å². The van der Waals surface area contributed by atoms with E-state index in [0.29, 0.717) is 23.1 Å². The SMILES string of the molecule is C[C@@H]1CCCC(Nc2c(F)cnc3c2ccn3-c2cc(F)cnc2N)[C@H]1C(=O)O. The predicted octanol–water partition coefficient (Wildman–Crippen LogP) is 3.58. The van der Waals surface area contributed by atoms with Crippen molar-refractivity contribution in [3.05, 3.63) is 42.4 Å². The lowest BCUT2D eigenvalue weighted by Gasteiger charge is -2.35. The van der Waals surface area contributed by atoms with E-state index < -0.39 is 29.6 Å². The number of carboxylic acid groups (broad SMARTS) is 1. The maximum Gasteiger partial charge on any atom is 0.308 e. The zero-order valence-electron chi connectivity index (χ0n) is 15.8. The molecule has 0 spiro atoms. The van der Waals surface area contributed by atoms with Gasteiger partial charge < -0.3 is 16.2 Å². The molecule has 0 amide bonds. The zero-order chi connectivity index (χ0) is 20.7. The summed E-state index contributed by atoms with van der Waals surface area (Å²) in [6.45, 7) is 1.90. The van der Waals surface area contributed by atoms with E-state index in [4.69, 9.17) is 5.73 Å². The van der Waals surface area contributed by atoms with Gasteiger partial charge in [0.05, 0.1) is 29.7 Å². The first-order valence-corrected chi connectivity index (χ1v) is 9.43. The molecule has 3 aromatic heterocycles. The van der Waals surface area contributed by atoms with Crippen LogP contribution in [-0.4, -0.2) is 31.7 Å².